The number of nitrogens with zero attached hydrogens (tertiary/aromatic N) is 2. The summed E-state index contributed by atoms with van der Waals surface area (Å²) in [6.45, 7) is 0. The second-order valence-electron chi connectivity index (χ2n) is 4.13. The quantitative estimate of drug-likeness (QED) is 0.765. The second-order valence-corrected chi connectivity index (χ2v) is 4.83. The zero-order valence-electron chi connectivity index (χ0n) is 10.4. The van der Waals surface area contributed by atoms with Crippen LogP contribution in [0.15, 0.2) is 42.5 Å². The Bertz CT molecular complexity index is 632. The highest BCUT2D eigenvalue weighted by Gasteiger charge is 2.10. The molecule has 0 spiro atoms. The number of hydrogen-bond acceptors (Lipinski definition) is 2. The third-order valence-corrected chi connectivity index (χ3v) is 3.44. The lowest BCUT2D eigenvalue weighted by Crippen LogP contribution is -2.11. The number of benzene rings is 2. The van der Waals surface area contributed by atoms with Crippen LogP contribution in [-0.4, -0.2) is 7.05 Å². The molecule has 4 heteroatoms. The lowest BCUT2D eigenvalue weighted by molar-refractivity contribution is 1.17. The Morgan fingerprint density at radius 2 is 2.00 bits per heavy atom. The Morgan fingerprint density at radius 1 is 1.21 bits per heavy atom. The summed E-state index contributed by atoms with van der Waals surface area (Å²) in [6.07, 6.45) is 0. The Hall–Kier alpha value is -1.69. The maximum absolute atomic E-state index is 8.95. The van der Waals surface area contributed by atoms with E-state index in [1.165, 1.54) is 0 Å². The molecule has 2 aromatic rings. The van der Waals surface area contributed by atoms with Crippen molar-refractivity contribution < 1.29 is 0 Å². The van der Waals surface area contributed by atoms with Gasteiger partial charge in [0.1, 0.15) is 0 Å². The predicted molar refractivity (Wildman–Crippen MR) is 80.2 cm³/mol. The van der Waals surface area contributed by atoms with Crippen molar-refractivity contribution in [3.63, 3.8) is 0 Å². The smallest absolute Gasteiger partial charge is 0.0992 e. The first-order chi connectivity index (χ1) is 9.15. The van der Waals surface area contributed by atoms with Crippen LogP contribution in [0.1, 0.15) is 11.1 Å². The summed E-state index contributed by atoms with van der Waals surface area (Å²) < 4.78 is 0. The first kappa shape index (κ1) is 13.7. The number of hydrogen-bond donors (Lipinski definition) is 0. The lowest BCUT2D eigenvalue weighted by Gasteiger charge is -2.22. The molecule has 0 aromatic heterocycles. The highest BCUT2D eigenvalue weighted by atomic mass is 35.5. The molecule has 0 aliphatic heterocycles. The van der Waals surface area contributed by atoms with Crippen molar-refractivity contribution in [1.82, 2.24) is 0 Å². The SMILES string of the molecule is CN(c1cccc(C#N)c1)c1cc(Cl)ccc1CCl. The standard InChI is InChI=1S/C15H12Cl2N2/c1-19(14-4-2-3-11(7-14)10-18)15-8-13(17)6-5-12(15)9-16/h2-8H,9H2,1H3. The molecular weight excluding hydrogens is 279 g/mol. The van der Waals surface area contributed by atoms with Crippen molar-refractivity contribution in [2.24, 2.45) is 0 Å². The number of halogens is 2. The molecule has 0 saturated heterocycles. The van der Waals surface area contributed by atoms with E-state index in [4.69, 9.17) is 28.5 Å². The highest BCUT2D eigenvalue weighted by Crippen LogP contribution is 2.31. The third kappa shape index (κ3) is 3.01. The molecule has 96 valence electrons. The Balaban J connectivity index is 2.46. The largest absolute Gasteiger partial charge is 0.344 e. The van der Waals surface area contributed by atoms with Gasteiger partial charge < -0.3 is 4.90 Å². The molecule has 0 N–H and O–H groups in total. The van der Waals surface area contributed by atoms with E-state index in [0.29, 0.717) is 16.5 Å². The topological polar surface area (TPSA) is 27.0 Å². The van der Waals surface area contributed by atoms with Crippen molar-refractivity contribution >= 4 is 34.6 Å². The van der Waals surface area contributed by atoms with Crippen molar-refractivity contribution in [3.05, 3.63) is 58.6 Å². The fourth-order valence-electron chi connectivity index (χ4n) is 1.89. The first-order valence-electron chi connectivity index (χ1n) is 5.74. The van der Waals surface area contributed by atoms with Gasteiger partial charge in [-0.25, -0.2) is 0 Å². The van der Waals surface area contributed by atoms with Gasteiger partial charge in [0.2, 0.25) is 0 Å². The normalized spacial score (nSPS) is 10.0. The van der Waals surface area contributed by atoms with Gasteiger partial charge in [-0.15, -0.1) is 11.6 Å². The monoisotopic (exact) mass is 290 g/mol. The van der Waals surface area contributed by atoms with Crippen LogP contribution in [0.3, 0.4) is 0 Å². The average Bonchev–Trinajstić information content (AvgIpc) is 2.46. The van der Waals surface area contributed by atoms with Crippen LogP contribution >= 0.6 is 23.2 Å². The maximum Gasteiger partial charge on any atom is 0.0992 e. The van der Waals surface area contributed by atoms with E-state index in [0.717, 1.165) is 16.9 Å². The number of anilines is 2. The molecule has 0 saturated carbocycles. The zero-order valence-corrected chi connectivity index (χ0v) is 11.9. The molecule has 0 atom stereocenters. The molecule has 2 nitrogen and oxygen atoms in total. The van der Waals surface area contributed by atoms with Crippen molar-refractivity contribution in [3.8, 4) is 6.07 Å². The van der Waals surface area contributed by atoms with E-state index >= 15 is 0 Å². The van der Waals surface area contributed by atoms with Gasteiger partial charge in [-0.2, -0.15) is 5.26 Å². The van der Waals surface area contributed by atoms with E-state index in [2.05, 4.69) is 6.07 Å². The van der Waals surface area contributed by atoms with Gasteiger partial charge >= 0.3 is 0 Å². The molecule has 0 radical (unpaired) electrons. The van der Waals surface area contributed by atoms with Crippen molar-refractivity contribution in [2.45, 2.75) is 5.88 Å². The third-order valence-electron chi connectivity index (χ3n) is 2.92. The van der Waals surface area contributed by atoms with Crippen LogP contribution in [0, 0.1) is 11.3 Å². The second kappa shape index (κ2) is 5.97. The minimum atomic E-state index is 0.411. The fourth-order valence-corrected chi connectivity index (χ4v) is 2.28. The Kier molecular flexibility index (Phi) is 4.31. The van der Waals surface area contributed by atoms with E-state index < -0.39 is 0 Å². The number of rotatable bonds is 3. The van der Waals surface area contributed by atoms with Crippen LogP contribution in [-0.2, 0) is 5.88 Å². The summed E-state index contributed by atoms with van der Waals surface area (Å²) >= 11 is 12.0. The molecule has 0 aliphatic rings. The zero-order chi connectivity index (χ0) is 13.8. The van der Waals surface area contributed by atoms with E-state index in [1.54, 1.807) is 6.07 Å². The average molecular weight is 291 g/mol. The molecule has 0 bridgehead atoms. The summed E-state index contributed by atoms with van der Waals surface area (Å²) in [4.78, 5) is 1.98. The van der Waals surface area contributed by atoms with Gasteiger partial charge in [-0.1, -0.05) is 23.7 Å². The van der Waals surface area contributed by atoms with E-state index in [9.17, 15) is 0 Å². The minimum absolute atomic E-state index is 0.411. The van der Waals surface area contributed by atoms with E-state index in [1.807, 2.05) is 48.3 Å². The van der Waals surface area contributed by atoms with Gasteiger partial charge in [0.15, 0.2) is 0 Å². The minimum Gasteiger partial charge on any atom is -0.344 e. The summed E-state index contributed by atoms with van der Waals surface area (Å²) in [5.41, 5.74) is 3.49. The number of alkyl halides is 1. The van der Waals surface area contributed by atoms with Crippen LogP contribution in [0.4, 0.5) is 11.4 Å². The molecule has 2 aromatic carbocycles. The van der Waals surface area contributed by atoms with Crippen molar-refractivity contribution in [2.75, 3.05) is 11.9 Å². The highest BCUT2D eigenvalue weighted by molar-refractivity contribution is 6.31. The first-order valence-corrected chi connectivity index (χ1v) is 6.65. The van der Waals surface area contributed by atoms with Crippen LogP contribution in [0.5, 0.6) is 0 Å². The van der Waals surface area contributed by atoms with Gasteiger partial charge in [0.25, 0.3) is 0 Å². The van der Waals surface area contributed by atoms with Crippen molar-refractivity contribution in [1.29, 1.82) is 5.26 Å². The molecule has 0 fully saturated rings. The fraction of sp³-hybridized carbons (Fsp3) is 0.133. The maximum atomic E-state index is 8.95. The molecule has 19 heavy (non-hydrogen) atoms. The molecule has 0 aliphatic carbocycles. The summed E-state index contributed by atoms with van der Waals surface area (Å²) in [5, 5.41) is 9.61. The molecule has 0 unspecified atom stereocenters. The van der Waals surface area contributed by atoms with Crippen LogP contribution in [0.25, 0.3) is 0 Å². The lowest BCUT2D eigenvalue weighted by atomic mass is 10.1. The van der Waals surface area contributed by atoms with Gasteiger partial charge in [-0.3, -0.25) is 0 Å². The van der Waals surface area contributed by atoms with Crippen LogP contribution < -0.4 is 4.90 Å². The summed E-state index contributed by atoms with van der Waals surface area (Å²) in [7, 11) is 1.93. The Labute approximate surface area is 122 Å². The summed E-state index contributed by atoms with van der Waals surface area (Å²) in [6, 6.07) is 15.2. The predicted octanol–water partition coefficient (Wildman–Crippen LogP) is 4.72. The van der Waals surface area contributed by atoms with Crippen LogP contribution in [0.2, 0.25) is 5.02 Å². The van der Waals surface area contributed by atoms with Gasteiger partial charge in [-0.05, 0) is 35.9 Å². The molecule has 2 rings (SSSR count). The van der Waals surface area contributed by atoms with Gasteiger partial charge in [0.05, 0.1) is 11.6 Å². The number of nitriles is 1. The molecule has 0 amide bonds. The van der Waals surface area contributed by atoms with E-state index in [-0.39, 0.29) is 0 Å². The molecular formula is C15H12Cl2N2. The van der Waals surface area contributed by atoms with Gasteiger partial charge in [0, 0.05) is 29.3 Å². The Morgan fingerprint density at radius 3 is 2.68 bits per heavy atom. The summed E-state index contributed by atoms with van der Waals surface area (Å²) in [5.74, 6) is 0.411. The molecule has 0 heterocycles.